The maximum absolute atomic E-state index is 12.3. The standard InChI is InChI=1S/C20H25N3O4/c1-3-8-21-20(26)23-18(24)11-27-19(25)13-5-7-17-15(10-13)14-9-12(2)4-6-16(14)22-17/h5,7,10,12,22H,3-4,6,8-9,11H2,1-2H3,(H2,21,23,24,26)/t12-/m1/s1. The molecule has 27 heavy (non-hydrogen) atoms. The van der Waals surface area contributed by atoms with Crippen molar-refractivity contribution in [2.45, 2.75) is 39.5 Å². The van der Waals surface area contributed by atoms with Gasteiger partial charge in [-0.1, -0.05) is 13.8 Å². The number of nitrogens with one attached hydrogen (secondary N) is 3. The summed E-state index contributed by atoms with van der Waals surface area (Å²) in [6, 6.07) is 4.78. The van der Waals surface area contributed by atoms with Gasteiger partial charge in [-0.15, -0.1) is 0 Å². The third kappa shape index (κ3) is 4.48. The molecule has 2 aromatic rings. The molecule has 3 amide bonds. The van der Waals surface area contributed by atoms with Crippen molar-refractivity contribution in [3.05, 3.63) is 35.0 Å². The normalized spacial score (nSPS) is 15.9. The van der Waals surface area contributed by atoms with E-state index in [9.17, 15) is 14.4 Å². The van der Waals surface area contributed by atoms with Crippen LogP contribution >= 0.6 is 0 Å². The fraction of sp³-hybridized carbons (Fsp3) is 0.450. The average molecular weight is 371 g/mol. The second kappa shape index (κ2) is 8.24. The predicted molar refractivity (Wildman–Crippen MR) is 102 cm³/mol. The third-order valence-electron chi connectivity index (χ3n) is 4.79. The number of amides is 3. The molecule has 144 valence electrons. The number of hydrogen-bond donors (Lipinski definition) is 3. The number of ether oxygens (including phenoxy) is 1. The highest BCUT2D eigenvalue weighted by molar-refractivity contribution is 5.99. The topological polar surface area (TPSA) is 100 Å². The van der Waals surface area contributed by atoms with E-state index in [1.165, 1.54) is 11.3 Å². The molecular formula is C20H25N3O4. The van der Waals surface area contributed by atoms with Crippen LogP contribution in [0.4, 0.5) is 4.79 Å². The van der Waals surface area contributed by atoms with Crippen molar-refractivity contribution in [2.24, 2.45) is 5.92 Å². The molecule has 1 aromatic carbocycles. The van der Waals surface area contributed by atoms with Crippen LogP contribution in [0.3, 0.4) is 0 Å². The first-order valence-corrected chi connectivity index (χ1v) is 9.36. The van der Waals surface area contributed by atoms with E-state index in [0.29, 0.717) is 18.0 Å². The van der Waals surface area contributed by atoms with E-state index < -0.39 is 24.5 Å². The number of aromatic nitrogens is 1. The number of hydrogen-bond acceptors (Lipinski definition) is 4. The van der Waals surface area contributed by atoms with Gasteiger partial charge in [0.05, 0.1) is 5.56 Å². The van der Waals surface area contributed by atoms with Gasteiger partial charge in [0.1, 0.15) is 0 Å². The van der Waals surface area contributed by atoms with Gasteiger partial charge >= 0.3 is 12.0 Å². The van der Waals surface area contributed by atoms with E-state index in [-0.39, 0.29) is 0 Å². The Kier molecular flexibility index (Phi) is 5.78. The maximum atomic E-state index is 12.3. The molecule has 0 saturated heterocycles. The summed E-state index contributed by atoms with van der Waals surface area (Å²) >= 11 is 0. The molecular weight excluding hydrogens is 346 g/mol. The molecule has 7 nitrogen and oxygen atoms in total. The van der Waals surface area contributed by atoms with Gasteiger partial charge in [-0.05, 0) is 55.4 Å². The van der Waals surface area contributed by atoms with Gasteiger partial charge in [-0.2, -0.15) is 0 Å². The first-order valence-electron chi connectivity index (χ1n) is 9.36. The molecule has 0 saturated carbocycles. The fourth-order valence-electron chi connectivity index (χ4n) is 3.38. The molecule has 0 bridgehead atoms. The van der Waals surface area contributed by atoms with Crippen molar-refractivity contribution in [3.63, 3.8) is 0 Å². The highest BCUT2D eigenvalue weighted by Gasteiger charge is 2.21. The first kappa shape index (κ1) is 18.9. The number of imide groups is 1. The average Bonchev–Trinajstić information content (AvgIpc) is 3.01. The van der Waals surface area contributed by atoms with E-state index in [1.807, 2.05) is 19.1 Å². The van der Waals surface area contributed by atoms with E-state index >= 15 is 0 Å². The zero-order valence-electron chi connectivity index (χ0n) is 15.7. The lowest BCUT2D eigenvalue weighted by Gasteiger charge is -2.18. The zero-order valence-corrected chi connectivity index (χ0v) is 15.7. The van der Waals surface area contributed by atoms with Crippen molar-refractivity contribution in [1.82, 2.24) is 15.6 Å². The number of rotatable bonds is 5. The lowest BCUT2D eigenvalue weighted by molar-refractivity contribution is -0.123. The maximum Gasteiger partial charge on any atom is 0.338 e. The summed E-state index contributed by atoms with van der Waals surface area (Å²) in [7, 11) is 0. The van der Waals surface area contributed by atoms with Gasteiger partial charge in [0.15, 0.2) is 6.61 Å². The minimum absolute atomic E-state index is 0.394. The van der Waals surface area contributed by atoms with Gasteiger partial charge in [-0.25, -0.2) is 9.59 Å². The van der Waals surface area contributed by atoms with Crippen LogP contribution in [0.25, 0.3) is 10.9 Å². The molecule has 0 radical (unpaired) electrons. The van der Waals surface area contributed by atoms with Crippen molar-refractivity contribution < 1.29 is 19.1 Å². The number of H-pyrrole nitrogens is 1. The monoisotopic (exact) mass is 371 g/mol. The highest BCUT2D eigenvalue weighted by Crippen LogP contribution is 2.32. The van der Waals surface area contributed by atoms with Gasteiger partial charge in [-0.3, -0.25) is 10.1 Å². The first-order chi connectivity index (χ1) is 13.0. The Morgan fingerprint density at radius 3 is 2.89 bits per heavy atom. The second-order valence-corrected chi connectivity index (χ2v) is 7.07. The summed E-state index contributed by atoms with van der Waals surface area (Å²) < 4.78 is 5.04. The molecule has 1 atom stereocenters. The molecule has 1 heterocycles. The Bertz CT molecular complexity index is 871. The molecule has 1 aliphatic carbocycles. The fourth-order valence-corrected chi connectivity index (χ4v) is 3.38. The number of aromatic amines is 1. The van der Waals surface area contributed by atoms with Crippen LogP contribution in [0.15, 0.2) is 18.2 Å². The third-order valence-corrected chi connectivity index (χ3v) is 4.79. The Balaban J connectivity index is 1.63. The number of benzene rings is 1. The minimum Gasteiger partial charge on any atom is -0.452 e. The Labute approximate surface area is 157 Å². The van der Waals surface area contributed by atoms with Crippen LogP contribution in [0.1, 0.15) is 48.3 Å². The van der Waals surface area contributed by atoms with Gasteiger partial charge in [0, 0.05) is 23.1 Å². The Morgan fingerprint density at radius 1 is 1.30 bits per heavy atom. The zero-order chi connectivity index (χ0) is 19.4. The summed E-state index contributed by atoms with van der Waals surface area (Å²) in [4.78, 5) is 38.8. The predicted octanol–water partition coefficient (Wildman–Crippen LogP) is 2.69. The molecule has 0 spiro atoms. The Morgan fingerprint density at radius 2 is 2.11 bits per heavy atom. The van der Waals surface area contributed by atoms with E-state index in [4.69, 9.17) is 4.74 Å². The Hall–Kier alpha value is -2.83. The molecule has 7 heteroatoms. The van der Waals surface area contributed by atoms with Crippen LogP contribution in [-0.2, 0) is 22.4 Å². The molecule has 0 unspecified atom stereocenters. The van der Waals surface area contributed by atoms with Gasteiger partial charge in [0.2, 0.25) is 0 Å². The number of carbonyl (C=O) groups is 3. The van der Waals surface area contributed by atoms with Crippen LogP contribution in [0.2, 0.25) is 0 Å². The van der Waals surface area contributed by atoms with Crippen LogP contribution in [0.5, 0.6) is 0 Å². The van der Waals surface area contributed by atoms with Crippen molar-refractivity contribution >= 4 is 28.8 Å². The van der Waals surface area contributed by atoms with Crippen molar-refractivity contribution in [2.75, 3.05) is 13.2 Å². The highest BCUT2D eigenvalue weighted by atomic mass is 16.5. The summed E-state index contributed by atoms with van der Waals surface area (Å²) in [5.74, 6) is -0.625. The molecule has 3 N–H and O–H groups in total. The quantitative estimate of drug-likeness (QED) is 0.704. The van der Waals surface area contributed by atoms with E-state index in [2.05, 4.69) is 22.5 Å². The summed E-state index contributed by atoms with van der Waals surface area (Å²) in [6.07, 6.45) is 3.94. The minimum atomic E-state index is -0.661. The number of esters is 1. The largest absolute Gasteiger partial charge is 0.452 e. The number of fused-ring (bicyclic) bond motifs is 3. The summed E-state index contributed by atoms with van der Waals surface area (Å²) in [5.41, 5.74) is 3.91. The lowest BCUT2D eigenvalue weighted by atomic mass is 9.87. The smallest absolute Gasteiger partial charge is 0.338 e. The number of aryl methyl sites for hydroxylation is 1. The van der Waals surface area contributed by atoms with E-state index in [0.717, 1.165) is 36.6 Å². The van der Waals surface area contributed by atoms with Crippen LogP contribution < -0.4 is 10.6 Å². The lowest BCUT2D eigenvalue weighted by Crippen LogP contribution is -2.41. The van der Waals surface area contributed by atoms with Crippen molar-refractivity contribution in [3.8, 4) is 0 Å². The van der Waals surface area contributed by atoms with Crippen LogP contribution in [-0.4, -0.2) is 36.0 Å². The molecule has 1 aliphatic rings. The SMILES string of the molecule is CCCNC(=O)NC(=O)COC(=O)c1ccc2[nH]c3c(c2c1)C[C@H](C)CC3. The number of carbonyl (C=O) groups excluding carboxylic acids is 3. The van der Waals surface area contributed by atoms with Crippen molar-refractivity contribution in [1.29, 1.82) is 0 Å². The molecule has 0 fully saturated rings. The molecule has 3 rings (SSSR count). The summed E-state index contributed by atoms with van der Waals surface area (Å²) in [6.45, 7) is 4.11. The van der Waals surface area contributed by atoms with E-state index in [1.54, 1.807) is 6.07 Å². The number of urea groups is 1. The van der Waals surface area contributed by atoms with Gasteiger partial charge in [0.25, 0.3) is 5.91 Å². The van der Waals surface area contributed by atoms with Gasteiger partial charge < -0.3 is 15.0 Å². The second-order valence-electron chi connectivity index (χ2n) is 7.07. The molecule has 1 aromatic heterocycles. The summed E-state index contributed by atoms with van der Waals surface area (Å²) in [5, 5.41) is 5.68. The van der Waals surface area contributed by atoms with Crippen LogP contribution in [0, 0.1) is 5.92 Å². The molecule has 0 aliphatic heterocycles.